The van der Waals surface area contributed by atoms with Gasteiger partial charge in [0.1, 0.15) is 5.76 Å². The summed E-state index contributed by atoms with van der Waals surface area (Å²) in [6.45, 7) is 3.95. The molecular weight excluding hydrogens is 138 g/mol. The SMILES string of the molecule is C/C(=C\c1ccco1)[C@H](C)N. The summed E-state index contributed by atoms with van der Waals surface area (Å²) in [5.41, 5.74) is 6.77. The van der Waals surface area contributed by atoms with Gasteiger partial charge in [-0.3, -0.25) is 0 Å². The third-order valence-corrected chi connectivity index (χ3v) is 1.63. The molecule has 0 radical (unpaired) electrons. The molecule has 0 saturated carbocycles. The van der Waals surface area contributed by atoms with E-state index in [4.69, 9.17) is 10.2 Å². The van der Waals surface area contributed by atoms with Crippen LogP contribution in [0.1, 0.15) is 19.6 Å². The minimum Gasteiger partial charge on any atom is -0.465 e. The minimum atomic E-state index is 0.0973. The molecule has 60 valence electrons. The third-order valence-electron chi connectivity index (χ3n) is 1.63. The van der Waals surface area contributed by atoms with Crippen molar-refractivity contribution < 1.29 is 4.42 Å². The Balaban J connectivity index is 2.74. The van der Waals surface area contributed by atoms with E-state index in [1.807, 2.05) is 32.1 Å². The molecule has 1 rings (SSSR count). The molecule has 0 aromatic carbocycles. The number of hydrogen-bond acceptors (Lipinski definition) is 2. The number of rotatable bonds is 2. The molecule has 1 aromatic heterocycles. The van der Waals surface area contributed by atoms with E-state index in [0.717, 1.165) is 11.3 Å². The molecule has 1 aromatic rings. The fraction of sp³-hybridized carbons (Fsp3) is 0.333. The summed E-state index contributed by atoms with van der Waals surface area (Å²) in [4.78, 5) is 0. The highest BCUT2D eigenvalue weighted by Crippen LogP contribution is 2.08. The van der Waals surface area contributed by atoms with Crippen LogP contribution >= 0.6 is 0 Å². The molecule has 0 fully saturated rings. The van der Waals surface area contributed by atoms with Crippen molar-refractivity contribution in [3.63, 3.8) is 0 Å². The van der Waals surface area contributed by atoms with Crippen LogP contribution in [-0.2, 0) is 0 Å². The van der Waals surface area contributed by atoms with Crippen LogP contribution in [0.4, 0.5) is 0 Å². The van der Waals surface area contributed by atoms with Crippen LogP contribution in [-0.4, -0.2) is 6.04 Å². The van der Waals surface area contributed by atoms with Crippen molar-refractivity contribution in [2.24, 2.45) is 5.73 Å². The minimum absolute atomic E-state index is 0.0973. The van der Waals surface area contributed by atoms with Crippen LogP contribution in [0.15, 0.2) is 28.4 Å². The van der Waals surface area contributed by atoms with E-state index in [2.05, 4.69) is 0 Å². The van der Waals surface area contributed by atoms with Crippen LogP contribution in [0.3, 0.4) is 0 Å². The quantitative estimate of drug-likeness (QED) is 0.702. The Labute approximate surface area is 66.7 Å². The Morgan fingerprint density at radius 1 is 1.73 bits per heavy atom. The molecule has 0 aliphatic carbocycles. The number of hydrogen-bond donors (Lipinski definition) is 1. The molecule has 11 heavy (non-hydrogen) atoms. The first-order valence-corrected chi connectivity index (χ1v) is 3.67. The lowest BCUT2D eigenvalue weighted by Gasteiger charge is -2.02. The first-order valence-electron chi connectivity index (χ1n) is 3.67. The fourth-order valence-electron chi connectivity index (χ4n) is 0.729. The monoisotopic (exact) mass is 151 g/mol. The van der Waals surface area contributed by atoms with Crippen molar-refractivity contribution in [1.29, 1.82) is 0 Å². The Morgan fingerprint density at radius 2 is 2.45 bits per heavy atom. The summed E-state index contributed by atoms with van der Waals surface area (Å²) in [7, 11) is 0. The molecule has 0 aliphatic heterocycles. The summed E-state index contributed by atoms with van der Waals surface area (Å²) >= 11 is 0. The Hall–Kier alpha value is -1.02. The molecule has 1 heterocycles. The van der Waals surface area contributed by atoms with Crippen LogP contribution in [0.5, 0.6) is 0 Å². The van der Waals surface area contributed by atoms with Crippen LogP contribution in [0, 0.1) is 0 Å². The van der Waals surface area contributed by atoms with Crippen molar-refractivity contribution in [3.05, 3.63) is 29.7 Å². The normalized spacial score (nSPS) is 15.0. The van der Waals surface area contributed by atoms with Gasteiger partial charge >= 0.3 is 0 Å². The largest absolute Gasteiger partial charge is 0.465 e. The maximum absolute atomic E-state index is 5.64. The van der Waals surface area contributed by atoms with Crippen LogP contribution in [0.25, 0.3) is 6.08 Å². The fourth-order valence-corrected chi connectivity index (χ4v) is 0.729. The van der Waals surface area contributed by atoms with Gasteiger partial charge in [-0.05, 0) is 32.1 Å². The van der Waals surface area contributed by atoms with Gasteiger partial charge in [0.15, 0.2) is 0 Å². The van der Waals surface area contributed by atoms with Gasteiger partial charge in [0, 0.05) is 6.04 Å². The lowest BCUT2D eigenvalue weighted by molar-refractivity contribution is 0.556. The van der Waals surface area contributed by atoms with Gasteiger partial charge in [-0.15, -0.1) is 0 Å². The zero-order valence-electron chi connectivity index (χ0n) is 6.87. The smallest absolute Gasteiger partial charge is 0.126 e. The zero-order chi connectivity index (χ0) is 8.27. The maximum atomic E-state index is 5.64. The molecule has 2 nitrogen and oxygen atoms in total. The van der Waals surface area contributed by atoms with Gasteiger partial charge in [-0.1, -0.05) is 5.57 Å². The van der Waals surface area contributed by atoms with E-state index in [-0.39, 0.29) is 6.04 Å². The highest BCUT2D eigenvalue weighted by atomic mass is 16.3. The van der Waals surface area contributed by atoms with Crippen LogP contribution < -0.4 is 5.73 Å². The maximum Gasteiger partial charge on any atom is 0.126 e. The highest BCUT2D eigenvalue weighted by molar-refractivity contribution is 5.47. The second kappa shape index (κ2) is 3.39. The van der Waals surface area contributed by atoms with Gasteiger partial charge < -0.3 is 10.2 Å². The molecule has 0 bridgehead atoms. The van der Waals surface area contributed by atoms with Crippen molar-refractivity contribution in [3.8, 4) is 0 Å². The van der Waals surface area contributed by atoms with Gasteiger partial charge in [0.05, 0.1) is 6.26 Å². The standard InChI is InChI=1S/C9H13NO/c1-7(8(2)10)6-9-4-3-5-11-9/h3-6,8H,10H2,1-2H3/b7-6+/t8-/m0/s1. The molecular formula is C9H13NO. The molecule has 2 N–H and O–H groups in total. The van der Waals surface area contributed by atoms with E-state index in [0.29, 0.717) is 0 Å². The molecule has 0 saturated heterocycles. The topological polar surface area (TPSA) is 39.2 Å². The van der Waals surface area contributed by atoms with Crippen molar-refractivity contribution in [2.75, 3.05) is 0 Å². The summed E-state index contributed by atoms with van der Waals surface area (Å²) in [5.74, 6) is 0.861. The molecule has 1 atom stereocenters. The molecule has 2 heteroatoms. The van der Waals surface area contributed by atoms with Gasteiger partial charge in [-0.2, -0.15) is 0 Å². The first kappa shape index (κ1) is 8.08. The average molecular weight is 151 g/mol. The van der Waals surface area contributed by atoms with E-state index >= 15 is 0 Å². The van der Waals surface area contributed by atoms with Crippen LogP contribution in [0.2, 0.25) is 0 Å². The second-order valence-electron chi connectivity index (χ2n) is 2.69. The van der Waals surface area contributed by atoms with Gasteiger partial charge in [-0.25, -0.2) is 0 Å². The molecule has 0 unspecified atom stereocenters. The van der Waals surface area contributed by atoms with Crippen molar-refractivity contribution in [1.82, 2.24) is 0 Å². The predicted octanol–water partition coefficient (Wildman–Crippen LogP) is 2.03. The Kier molecular flexibility index (Phi) is 2.49. The molecule has 0 aliphatic rings. The van der Waals surface area contributed by atoms with E-state index < -0.39 is 0 Å². The number of furan rings is 1. The predicted molar refractivity (Wildman–Crippen MR) is 46.0 cm³/mol. The lowest BCUT2D eigenvalue weighted by atomic mass is 10.1. The van der Waals surface area contributed by atoms with Crippen molar-refractivity contribution in [2.45, 2.75) is 19.9 Å². The van der Waals surface area contributed by atoms with Crippen molar-refractivity contribution >= 4 is 6.08 Å². The van der Waals surface area contributed by atoms with E-state index in [1.165, 1.54) is 0 Å². The zero-order valence-corrected chi connectivity index (χ0v) is 6.87. The number of nitrogens with two attached hydrogens (primary N) is 1. The first-order chi connectivity index (χ1) is 5.20. The van der Waals surface area contributed by atoms with Gasteiger partial charge in [0.25, 0.3) is 0 Å². The lowest BCUT2D eigenvalue weighted by Crippen LogP contribution is -2.15. The summed E-state index contributed by atoms with van der Waals surface area (Å²) < 4.78 is 5.12. The third kappa shape index (κ3) is 2.24. The second-order valence-corrected chi connectivity index (χ2v) is 2.69. The summed E-state index contributed by atoms with van der Waals surface area (Å²) in [6.07, 6.45) is 3.60. The Morgan fingerprint density at radius 3 is 2.91 bits per heavy atom. The Bertz CT molecular complexity index is 234. The van der Waals surface area contributed by atoms with Gasteiger partial charge in [0.2, 0.25) is 0 Å². The average Bonchev–Trinajstić information content (AvgIpc) is 2.39. The summed E-state index contributed by atoms with van der Waals surface area (Å²) in [5, 5.41) is 0. The summed E-state index contributed by atoms with van der Waals surface area (Å²) in [6, 6.07) is 3.87. The highest BCUT2D eigenvalue weighted by Gasteiger charge is 1.97. The molecule has 0 spiro atoms. The molecule has 0 amide bonds. The van der Waals surface area contributed by atoms with E-state index in [1.54, 1.807) is 6.26 Å². The van der Waals surface area contributed by atoms with E-state index in [9.17, 15) is 0 Å².